The Morgan fingerprint density at radius 3 is 2.53 bits per heavy atom. The number of fused-ring (bicyclic) bond motifs is 3. The number of aliphatic carboxylic acids is 1. The van der Waals surface area contributed by atoms with Gasteiger partial charge in [-0.05, 0) is 36.4 Å². The van der Waals surface area contributed by atoms with E-state index in [4.69, 9.17) is 26.2 Å². The zero-order valence-electron chi connectivity index (χ0n) is 16.3. The van der Waals surface area contributed by atoms with Gasteiger partial charge in [-0.15, -0.1) is 0 Å². The van der Waals surface area contributed by atoms with E-state index in [0.717, 1.165) is 21.8 Å². The van der Waals surface area contributed by atoms with Gasteiger partial charge in [0.1, 0.15) is 5.75 Å². The number of anilines is 1. The van der Waals surface area contributed by atoms with Gasteiger partial charge in [0.2, 0.25) is 0 Å². The Bertz CT molecular complexity index is 1300. The van der Waals surface area contributed by atoms with E-state index in [1.54, 1.807) is 49.8 Å². The molecule has 0 radical (unpaired) electrons. The standard InChI is InChI=1S/C19H14ClN3O2.C2HF3O2/c1-25-13-4-2-3-11(7-13)19(24)23-16-9-12(20)8-15-14-5-6-21-10-17(14)22-18(15)16;3-2(4,5)1(6)7/h2-10,22H,1H3,(H,23,24);(H,6,7). The van der Waals surface area contributed by atoms with Gasteiger partial charge < -0.3 is 20.1 Å². The van der Waals surface area contributed by atoms with Crippen molar-refractivity contribution in [3.8, 4) is 5.75 Å². The summed E-state index contributed by atoms with van der Waals surface area (Å²) < 4.78 is 36.9. The summed E-state index contributed by atoms with van der Waals surface area (Å²) in [4.78, 5) is 28.9. The largest absolute Gasteiger partial charge is 0.497 e. The molecule has 11 heteroatoms. The lowest BCUT2D eigenvalue weighted by molar-refractivity contribution is -0.192. The van der Waals surface area contributed by atoms with Gasteiger partial charge in [0, 0.05) is 27.6 Å². The summed E-state index contributed by atoms with van der Waals surface area (Å²) in [6.45, 7) is 0. The molecule has 0 fully saturated rings. The maximum Gasteiger partial charge on any atom is 0.490 e. The van der Waals surface area contributed by atoms with Crippen LogP contribution in [0.4, 0.5) is 18.9 Å². The molecule has 2 aromatic carbocycles. The molecule has 0 aliphatic rings. The van der Waals surface area contributed by atoms with Crippen molar-refractivity contribution in [2.75, 3.05) is 12.4 Å². The predicted molar refractivity (Wildman–Crippen MR) is 113 cm³/mol. The van der Waals surface area contributed by atoms with Gasteiger partial charge in [0.25, 0.3) is 5.91 Å². The van der Waals surface area contributed by atoms with Gasteiger partial charge in [0.15, 0.2) is 0 Å². The van der Waals surface area contributed by atoms with Crippen molar-refractivity contribution in [2.45, 2.75) is 6.18 Å². The number of nitrogens with one attached hydrogen (secondary N) is 2. The minimum Gasteiger partial charge on any atom is -0.497 e. The van der Waals surface area contributed by atoms with Gasteiger partial charge in [-0.25, -0.2) is 4.79 Å². The first-order valence-electron chi connectivity index (χ1n) is 8.90. The minimum absolute atomic E-state index is 0.237. The summed E-state index contributed by atoms with van der Waals surface area (Å²) in [6, 6.07) is 12.5. The van der Waals surface area contributed by atoms with Crippen LogP contribution in [0.25, 0.3) is 21.8 Å². The lowest BCUT2D eigenvalue weighted by Crippen LogP contribution is -2.21. The number of hydrogen-bond donors (Lipinski definition) is 3. The molecule has 2 heterocycles. The molecule has 3 N–H and O–H groups in total. The van der Waals surface area contributed by atoms with Crippen molar-refractivity contribution >= 4 is 51.0 Å². The van der Waals surface area contributed by atoms with Crippen LogP contribution in [0.1, 0.15) is 10.4 Å². The summed E-state index contributed by atoms with van der Waals surface area (Å²) in [6.07, 6.45) is -1.61. The fourth-order valence-corrected chi connectivity index (χ4v) is 3.09. The Hall–Kier alpha value is -3.79. The second kappa shape index (κ2) is 9.15. The number of aromatic amines is 1. The van der Waals surface area contributed by atoms with Gasteiger partial charge in [-0.1, -0.05) is 17.7 Å². The molecular weight excluding hydrogens is 451 g/mol. The number of pyridine rings is 1. The number of carboxylic acid groups (broad SMARTS) is 1. The number of nitrogens with zero attached hydrogens (tertiary/aromatic N) is 1. The molecule has 0 saturated heterocycles. The topological polar surface area (TPSA) is 104 Å². The number of aromatic nitrogens is 2. The molecule has 1 amide bonds. The summed E-state index contributed by atoms with van der Waals surface area (Å²) in [5, 5.41) is 12.5. The Morgan fingerprint density at radius 2 is 1.88 bits per heavy atom. The second-order valence-corrected chi connectivity index (χ2v) is 6.85. The normalized spacial score (nSPS) is 11.0. The first-order valence-corrected chi connectivity index (χ1v) is 9.28. The van der Waals surface area contributed by atoms with Gasteiger partial charge in [-0.3, -0.25) is 9.78 Å². The summed E-state index contributed by atoms with van der Waals surface area (Å²) in [5.41, 5.74) is 2.82. The van der Waals surface area contributed by atoms with Crippen molar-refractivity contribution in [3.63, 3.8) is 0 Å². The second-order valence-electron chi connectivity index (χ2n) is 6.41. The van der Waals surface area contributed by atoms with E-state index in [0.29, 0.717) is 22.0 Å². The number of alkyl halides is 3. The molecule has 0 spiro atoms. The van der Waals surface area contributed by atoms with Gasteiger partial charge in [-0.2, -0.15) is 13.2 Å². The first kappa shape index (κ1) is 22.9. The highest BCUT2D eigenvalue weighted by atomic mass is 35.5. The number of H-pyrrole nitrogens is 1. The number of rotatable bonds is 3. The molecule has 0 bridgehead atoms. The van der Waals surface area contributed by atoms with Crippen LogP contribution in [-0.2, 0) is 4.79 Å². The number of carbonyl (C=O) groups is 2. The Labute approximate surface area is 183 Å². The Kier molecular flexibility index (Phi) is 6.54. The molecule has 32 heavy (non-hydrogen) atoms. The van der Waals surface area contributed by atoms with Crippen molar-refractivity contribution in [1.82, 2.24) is 9.97 Å². The van der Waals surface area contributed by atoms with E-state index in [2.05, 4.69) is 15.3 Å². The lowest BCUT2D eigenvalue weighted by atomic mass is 10.1. The average Bonchev–Trinajstić information content (AvgIpc) is 3.12. The molecule has 166 valence electrons. The van der Waals surface area contributed by atoms with Crippen LogP contribution in [0, 0.1) is 0 Å². The van der Waals surface area contributed by atoms with Crippen LogP contribution in [0.15, 0.2) is 54.9 Å². The molecule has 0 aliphatic heterocycles. The molecule has 4 rings (SSSR count). The van der Waals surface area contributed by atoms with Crippen LogP contribution in [-0.4, -0.2) is 40.2 Å². The minimum atomic E-state index is -5.08. The average molecular weight is 466 g/mol. The quantitative estimate of drug-likeness (QED) is 0.382. The van der Waals surface area contributed by atoms with Gasteiger partial charge in [0.05, 0.1) is 30.0 Å². The highest BCUT2D eigenvalue weighted by molar-refractivity contribution is 6.33. The molecule has 4 aromatic rings. The van der Waals surface area contributed by atoms with E-state index in [1.165, 1.54) is 0 Å². The maximum atomic E-state index is 12.6. The molecule has 0 aliphatic carbocycles. The molecule has 2 aromatic heterocycles. The van der Waals surface area contributed by atoms with Crippen LogP contribution in [0.5, 0.6) is 5.75 Å². The molecule has 7 nitrogen and oxygen atoms in total. The van der Waals surface area contributed by atoms with Crippen LogP contribution >= 0.6 is 11.6 Å². The smallest absolute Gasteiger partial charge is 0.490 e. The highest BCUT2D eigenvalue weighted by Crippen LogP contribution is 2.33. The molecule has 0 unspecified atom stereocenters. The SMILES string of the molecule is COc1cccc(C(=O)Nc2cc(Cl)cc3c2[nH]c2cnccc23)c1.O=C(O)C(F)(F)F. The van der Waals surface area contributed by atoms with E-state index < -0.39 is 12.1 Å². The van der Waals surface area contributed by atoms with Crippen LogP contribution in [0.2, 0.25) is 5.02 Å². The number of ether oxygens (including phenoxy) is 1. The third-order valence-corrected chi connectivity index (χ3v) is 4.51. The number of carbonyl (C=O) groups excluding carboxylic acids is 1. The molecular formula is C21H15ClF3N3O4. The number of hydrogen-bond acceptors (Lipinski definition) is 4. The van der Waals surface area contributed by atoms with E-state index in [-0.39, 0.29) is 5.91 Å². The summed E-state index contributed by atoms with van der Waals surface area (Å²) in [5.74, 6) is -2.37. The van der Waals surface area contributed by atoms with E-state index in [1.807, 2.05) is 12.1 Å². The van der Waals surface area contributed by atoms with E-state index in [9.17, 15) is 18.0 Å². The fraction of sp³-hybridized carbons (Fsp3) is 0.0952. The van der Waals surface area contributed by atoms with Crippen LogP contribution < -0.4 is 10.1 Å². The highest BCUT2D eigenvalue weighted by Gasteiger charge is 2.38. The lowest BCUT2D eigenvalue weighted by Gasteiger charge is -2.08. The number of halogens is 4. The van der Waals surface area contributed by atoms with Crippen molar-refractivity contribution in [1.29, 1.82) is 0 Å². The first-order chi connectivity index (χ1) is 15.1. The number of amides is 1. The van der Waals surface area contributed by atoms with Crippen molar-refractivity contribution in [2.24, 2.45) is 0 Å². The third kappa shape index (κ3) is 5.09. The zero-order valence-corrected chi connectivity index (χ0v) is 17.1. The maximum absolute atomic E-state index is 12.6. The molecule has 0 saturated carbocycles. The number of carboxylic acids is 1. The third-order valence-electron chi connectivity index (χ3n) is 4.30. The van der Waals surface area contributed by atoms with Crippen molar-refractivity contribution in [3.05, 3.63) is 65.4 Å². The molecule has 0 atom stereocenters. The van der Waals surface area contributed by atoms with E-state index >= 15 is 0 Å². The fourth-order valence-electron chi connectivity index (χ4n) is 2.87. The number of benzene rings is 2. The Morgan fingerprint density at radius 1 is 1.16 bits per heavy atom. The monoisotopic (exact) mass is 465 g/mol. The van der Waals surface area contributed by atoms with Gasteiger partial charge >= 0.3 is 12.1 Å². The summed E-state index contributed by atoms with van der Waals surface area (Å²) >= 11 is 6.26. The van der Waals surface area contributed by atoms with Crippen molar-refractivity contribution < 1.29 is 32.6 Å². The predicted octanol–water partition coefficient (Wildman–Crippen LogP) is 5.26. The van der Waals surface area contributed by atoms with Crippen LogP contribution in [0.3, 0.4) is 0 Å². The number of methoxy groups -OCH3 is 1. The zero-order chi connectivity index (χ0) is 23.5. The summed E-state index contributed by atoms with van der Waals surface area (Å²) in [7, 11) is 1.57. The Balaban J connectivity index is 0.000000360.